The maximum atomic E-state index is 12.3. The average Bonchev–Trinajstić information content (AvgIpc) is 2.58. The molecular formula is C22H29NO4. The van der Waals surface area contributed by atoms with Crippen molar-refractivity contribution in [2.45, 2.75) is 57.0 Å². The first kappa shape index (κ1) is 18.5. The van der Waals surface area contributed by atoms with Gasteiger partial charge in [-0.3, -0.25) is 9.59 Å². The molecule has 5 rings (SSSR count). The van der Waals surface area contributed by atoms with Gasteiger partial charge in [0.1, 0.15) is 0 Å². The van der Waals surface area contributed by atoms with Gasteiger partial charge < -0.3 is 15.2 Å². The van der Waals surface area contributed by atoms with E-state index in [-0.39, 0.29) is 23.9 Å². The van der Waals surface area contributed by atoms with E-state index in [0.29, 0.717) is 31.2 Å². The molecular weight excluding hydrogens is 342 g/mol. The van der Waals surface area contributed by atoms with E-state index >= 15 is 0 Å². The van der Waals surface area contributed by atoms with Crippen molar-refractivity contribution in [2.24, 2.45) is 17.3 Å². The highest BCUT2D eigenvalue weighted by Crippen LogP contribution is 2.62. The molecule has 5 nitrogen and oxygen atoms in total. The SMILES string of the molecule is O=C(COC(=O)CC12C[C@@H]3C[C@@H](CC(O)(C3)C1)C2)NCCc1ccccc1. The molecule has 4 saturated carbocycles. The lowest BCUT2D eigenvalue weighted by Gasteiger charge is -2.60. The van der Waals surface area contributed by atoms with Crippen LogP contribution in [0.2, 0.25) is 0 Å². The van der Waals surface area contributed by atoms with Gasteiger partial charge in [0.25, 0.3) is 5.91 Å². The second kappa shape index (κ2) is 7.27. The zero-order valence-electron chi connectivity index (χ0n) is 15.8. The molecule has 0 radical (unpaired) electrons. The molecule has 1 amide bonds. The third-order valence-corrected chi connectivity index (χ3v) is 6.61. The van der Waals surface area contributed by atoms with Gasteiger partial charge in [-0.05, 0) is 67.8 Å². The summed E-state index contributed by atoms with van der Waals surface area (Å²) in [5.41, 5.74) is 0.480. The van der Waals surface area contributed by atoms with Gasteiger partial charge in [0.05, 0.1) is 12.0 Å². The molecule has 0 saturated heterocycles. The standard InChI is InChI=1S/C22H29NO4/c24-19(23-7-6-16-4-2-1-3-5-16)14-27-20(25)13-21-9-17-8-18(10-21)12-22(26,11-17)15-21/h1-5,17-18,26H,6-15H2,(H,23,24)/t17-,18+,21?,22?. The van der Waals surface area contributed by atoms with E-state index in [1.807, 2.05) is 30.3 Å². The third-order valence-electron chi connectivity index (χ3n) is 6.61. The zero-order valence-corrected chi connectivity index (χ0v) is 15.8. The molecule has 4 bridgehead atoms. The van der Waals surface area contributed by atoms with Crippen molar-refractivity contribution in [1.82, 2.24) is 5.32 Å². The molecule has 146 valence electrons. The lowest BCUT2D eigenvalue weighted by Crippen LogP contribution is -2.56. The van der Waals surface area contributed by atoms with Gasteiger partial charge in [0.15, 0.2) is 6.61 Å². The Kier molecular flexibility index (Phi) is 4.97. The first-order valence-corrected chi connectivity index (χ1v) is 10.1. The highest BCUT2D eigenvalue weighted by Gasteiger charge is 2.57. The fraction of sp³-hybridized carbons (Fsp3) is 0.636. The monoisotopic (exact) mass is 371 g/mol. The maximum Gasteiger partial charge on any atom is 0.306 e. The second-order valence-electron chi connectivity index (χ2n) is 9.11. The summed E-state index contributed by atoms with van der Waals surface area (Å²) in [5.74, 6) is 0.526. The van der Waals surface area contributed by atoms with E-state index in [0.717, 1.165) is 37.7 Å². The average molecular weight is 371 g/mol. The Hall–Kier alpha value is -1.88. The van der Waals surface area contributed by atoms with Crippen molar-refractivity contribution in [2.75, 3.05) is 13.2 Å². The van der Waals surface area contributed by atoms with Crippen LogP contribution in [-0.4, -0.2) is 35.7 Å². The first-order valence-electron chi connectivity index (χ1n) is 10.1. The van der Waals surface area contributed by atoms with E-state index in [4.69, 9.17) is 4.74 Å². The Morgan fingerprint density at radius 3 is 2.48 bits per heavy atom. The summed E-state index contributed by atoms with van der Waals surface area (Å²) in [5, 5.41) is 13.6. The molecule has 4 aliphatic carbocycles. The van der Waals surface area contributed by atoms with Crippen LogP contribution in [0.15, 0.2) is 30.3 Å². The van der Waals surface area contributed by atoms with Crippen LogP contribution in [0.4, 0.5) is 0 Å². The number of esters is 1. The van der Waals surface area contributed by atoms with Crippen LogP contribution in [0.5, 0.6) is 0 Å². The summed E-state index contributed by atoms with van der Waals surface area (Å²) in [6.45, 7) is 0.307. The van der Waals surface area contributed by atoms with Crippen LogP contribution in [0.1, 0.15) is 50.5 Å². The van der Waals surface area contributed by atoms with Crippen LogP contribution >= 0.6 is 0 Å². The number of benzene rings is 1. The molecule has 2 N–H and O–H groups in total. The van der Waals surface area contributed by atoms with E-state index in [2.05, 4.69) is 5.32 Å². The zero-order chi connectivity index (χ0) is 18.9. The van der Waals surface area contributed by atoms with Gasteiger partial charge >= 0.3 is 5.97 Å². The molecule has 0 aromatic heterocycles. The fourth-order valence-electron chi connectivity index (χ4n) is 6.15. The summed E-state index contributed by atoms with van der Waals surface area (Å²) in [6.07, 6.45) is 6.82. The Morgan fingerprint density at radius 1 is 1.11 bits per heavy atom. The van der Waals surface area contributed by atoms with Gasteiger partial charge in [0, 0.05) is 6.54 Å². The van der Waals surface area contributed by atoms with Crippen molar-refractivity contribution < 1.29 is 19.4 Å². The smallest absolute Gasteiger partial charge is 0.306 e. The molecule has 4 atom stereocenters. The fourth-order valence-corrected chi connectivity index (χ4v) is 6.15. The third kappa shape index (κ3) is 4.34. The van der Waals surface area contributed by atoms with Crippen molar-refractivity contribution in [3.63, 3.8) is 0 Å². The Bertz CT molecular complexity index is 688. The van der Waals surface area contributed by atoms with Gasteiger partial charge in [0.2, 0.25) is 0 Å². The quantitative estimate of drug-likeness (QED) is 0.723. The number of rotatable bonds is 7. The van der Waals surface area contributed by atoms with Crippen molar-refractivity contribution in [3.05, 3.63) is 35.9 Å². The van der Waals surface area contributed by atoms with E-state index in [1.54, 1.807) is 0 Å². The van der Waals surface area contributed by atoms with Gasteiger partial charge in [-0.2, -0.15) is 0 Å². The molecule has 2 unspecified atom stereocenters. The molecule has 0 heterocycles. The van der Waals surface area contributed by atoms with Crippen LogP contribution in [0.25, 0.3) is 0 Å². The normalized spacial score (nSPS) is 33.7. The summed E-state index contributed by atoms with van der Waals surface area (Å²) in [4.78, 5) is 24.3. The molecule has 0 spiro atoms. The number of hydrogen-bond donors (Lipinski definition) is 2. The van der Waals surface area contributed by atoms with Crippen LogP contribution < -0.4 is 5.32 Å². The van der Waals surface area contributed by atoms with Gasteiger partial charge in [-0.25, -0.2) is 0 Å². The molecule has 4 aliphatic rings. The summed E-state index contributed by atoms with van der Waals surface area (Å²) >= 11 is 0. The lowest BCUT2D eigenvalue weighted by atomic mass is 9.47. The highest BCUT2D eigenvalue weighted by molar-refractivity contribution is 5.80. The number of ether oxygens (including phenoxy) is 1. The molecule has 1 aromatic rings. The predicted octanol–water partition coefficient (Wildman–Crippen LogP) is 2.61. The van der Waals surface area contributed by atoms with E-state index in [1.165, 1.54) is 6.42 Å². The predicted molar refractivity (Wildman–Crippen MR) is 101 cm³/mol. The Labute approximate surface area is 160 Å². The number of aliphatic hydroxyl groups is 1. The number of carbonyl (C=O) groups excluding carboxylic acids is 2. The maximum absolute atomic E-state index is 12.3. The molecule has 0 aliphatic heterocycles. The van der Waals surface area contributed by atoms with Crippen molar-refractivity contribution in [1.29, 1.82) is 0 Å². The van der Waals surface area contributed by atoms with E-state index < -0.39 is 5.60 Å². The highest BCUT2D eigenvalue weighted by atomic mass is 16.5. The molecule has 5 heteroatoms. The summed E-state index contributed by atoms with van der Waals surface area (Å²) in [6, 6.07) is 9.95. The summed E-state index contributed by atoms with van der Waals surface area (Å²) < 4.78 is 5.25. The topological polar surface area (TPSA) is 75.6 Å². The largest absolute Gasteiger partial charge is 0.456 e. The minimum Gasteiger partial charge on any atom is -0.456 e. The minimum absolute atomic E-state index is 0.111. The van der Waals surface area contributed by atoms with Crippen LogP contribution in [-0.2, 0) is 20.7 Å². The molecule has 1 aromatic carbocycles. The number of amides is 1. The van der Waals surface area contributed by atoms with Crippen LogP contribution in [0, 0.1) is 17.3 Å². The van der Waals surface area contributed by atoms with Crippen molar-refractivity contribution in [3.8, 4) is 0 Å². The molecule has 4 fully saturated rings. The lowest BCUT2D eigenvalue weighted by molar-refractivity contribution is -0.177. The van der Waals surface area contributed by atoms with Gasteiger partial charge in [-0.1, -0.05) is 30.3 Å². The molecule has 27 heavy (non-hydrogen) atoms. The van der Waals surface area contributed by atoms with E-state index in [9.17, 15) is 14.7 Å². The van der Waals surface area contributed by atoms with Gasteiger partial charge in [-0.15, -0.1) is 0 Å². The van der Waals surface area contributed by atoms with Crippen molar-refractivity contribution >= 4 is 11.9 Å². The minimum atomic E-state index is -0.570. The number of hydrogen-bond acceptors (Lipinski definition) is 4. The summed E-state index contributed by atoms with van der Waals surface area (Å²) in [7, 11) is 0. The Balaban J connectivity index is 1.20. The number of carbonyl (C=O) groups is 2. The first-order chi connectivity index (χ1) is 12.9. The number of nitrogens with one attached hydrogen (secondary N) is 1. The van der Waals surface area contributed by atoms with Crippen LogP contribution in [0.3, 0.4) is 0 Å². The second-order valence-corrected chi connectivity index (χ2v) is 9.11. The Morgan fingerprint density at radius 2 is 1.81 bits per heavy atom.